The van der Waals surface area contributed by atoms with Gasteiger partial charge < -0.3 is 14.8 Å². The fraction of sp³-hybridized carbons (Fsp3) is 0.238. The summed E-state index contributed by atoms with van der Waals surface area (Å²) < 4.78 is 13.9. The number of ether oxygens (including phenoxy) is 2. The van der Waals surface area contributed by atoms with Gasteiger partial charge in [-0.3, -0.25) is 4.79 Å². The number of nitrogens with one attached hydrogen (secondary N) is 1. The average Bonchev–Trinajstić information content (AvgIpc) is 3.00. The van der Waals surface area contributed by atoms with Crippen LogP contribution in [0.2, 0.25) is 0 Å². The summed E-state index contributed by atoms with van der Waals surface area (Å²) in [5.74, 6) is 1.31. The van der Waals surface area contributed by atoms with Gasteiger partial charge >= 0.3 is 0 Å². The normalized spacial score (nSPS) is 12.7. The van der Waals surface area contributed by atoms with Crippen molar-refractivity contribution in [1.82, 2.24) is 15.1 Å². The molecule has 1 N–H and O–H groups in total. The molecule has 0 aliphatic carbocycles. The number of aromatic nitrogens is 2. The number of hydrogen-bond donors (Lipinski definition) is 1. The molecule has 0 saturated heterocycles. The number of amides is 1. The van der Waals surface area contributed by atoms with E-state index >= 15 is 0 Å². The first-order chi connectivity index (χ1) is 13.5. The second-order valence-electron chi connectivity index (χ2n) is 6.59. The number of hydrogen-bond acceptors (Lipinski definition) is 4. The quantitative estimate of drug-likeness (QED) is 0.665. The lowest BCUT2D eigenvalue weighted by Crippen LogP contribution is -2.24. The molecule has 6 nitrogen and oxygen atoms in total. The van der Waals surface area contributed by atoms with E-state index in [-0.39, 0.29) is 5.91 Å². The first-order valence-electron chi connectivity index (χ1n) is 9.02. The zero-order valence-corrected chi connectivity index (χ0v) is 17.2. The molecule has 0 spiro atoms. The van der Waals surface area contributed by atoms with Gasteiger partial charge in [-0.25, -0.2) is 4.68 Å². The van der Waals surface area contributed by atoms with Gasteiger partial charge in [0.15, 0.2) is 11.5 Å². The Labute approximate surface area is 171 Å². The number of nitrogens with zero attached hydrogens (tertiary/aromatic N) is 2. The van der Waals surface area contributed by atoms with Crippen molar-refractivity contribution in [2.45, 2.75) is 20.4 Å². The Morgan fingerprint density at radius 3 is 2.57 bits per heavy atom. The maximum absolute atomic E-state index is 12.8. The lowest BCUT2D eigenvalue weighted by molar-refractivity contribution is 0.0949. The summed E-state index contributed by atoms with van der Waals surface area (Å²) in [5, 5.41) is 7.53. The van der Waals surface area contributed by atoms with E-state index in [9.17, 15) is 4.79 Å². The van der Waals surface area contributed by atoms with Crippen molar-refractivity contribution < 1.29 is 14.3 Å². The van der Waals surface area contributed by atoms with Crippen molar-refractivity contribution in [2.24, 2.45) is 0 Å². The SMILES string of the molecule is Cc1nn(-c2ccc(Br)cc2)c(C)c1C(=O)NCc1ccc2c(c1)OCCO2. The summed E-state index contributed by atoms with van der Waals surface area (Å²) in [7, 11) is 0. The number of halogens is 1. The number of carbonyl (C=O) groups is 1. The van der Waals surface area contributed by atoms with E-state index in [1.165, 1.54) is 0 Å². The van der Waals surface area contributed by atoms with E-state index in [1.54, 1.807) is 4.68 Å². The molecule has 2 heterocycles. The number of rotatable bonds is 4. The molecule has 2 aromatic carbocycles. The van der Waals surface area contributed by atoms with Crippen molar-refractivity contribution in [3.63, 3.8) is 0 Å². The lowest BCUT2D eigenvalue weighted by Gasteiger charge is -2.19. The van der Waals surface area contributed by atoms with Gasteiger partial charge in [0, 0.05) is 11.0 Å². The first kappa shape index (κ1) is 18.6. The van der Waals surface area contributed by atoms with Crippen LogP contribution in [-0.4, -0.2) is 28.9 Å². The van der Waals surface area contributed by atoms with Crippen LogP contribution in [0, 0.1) is 13.8 Å². The van der Waals surface area contributed by atoms with Crippen molar-refractivity contribution in [1.29, 1.82) is 0 Å². The highest BCUT2D eigenvalue weighted by atomic mass is 79.9. The Kier molecular flexibility index (Phi) is 5.09. The summed E-state index contributed by atoms with van der Waals surface area (Å²) in [6, 6.07) is 13.5. The Hall–Kier alpha value is -2.80. The number of carbonyl (C=O) groups excluding carboxylic acids is 1. The van der Waals surface area contributed by atoms with Gasteiger partial charge in [-0.05, 0) is 55.8 Å². The van der Waals surface area contributed by atoms with Crippen LogP contribution in [0.1, 0.15) is 27.3 Å². The van der Waals surface area contributed by atoms with Crippen LogP contribution in [0.4, 0.5) is 0 Å². The van der Waals surface area contributed by atoms with Gasteiger partial charge in [-0.1, -0.05) is 22.0 Å². The molecule has 0 radical (unpaired) electrons. The standard InChI is InChI=1S/C21H20BrN3O3/c1-13-20(14(2)25(24-13)17-6-4-16(22)5-7-17)21(26)23-12-15-3-8-18-19(11-15)28-10-9-27-18/h3-8,11H,9-10,12H2,1-2H3,(H,23,26). The molecule has 0 fully saturated rings. The third kappa shape index (κ3) is 3.62. The van der Waals surface area contributed by atoms with Gasteiger partial charge in [0.1, 0.15) is 13.2 Å². The van der Waals surface area contributed by atoms with E-state index < -0.39 is 0 Å². The van der Waals surface area contributed by atoms with E-state index in [0.29, 0.717) is 36.8 Å². The molecule has 1 aliphatic heterocycles. The molecule has 7 heteroatoms. The third-order valence-electron chi connectivity index (χ3n) is 4.65. The second kappa shape index (κ2) is 7.67. The predicted molar refractivity (Wildman–Crippen MR) is 109 cm³/mol. The van der Waals surface area contributed by atoms with Crippen molar-refractivity contribution in [3.8, 4) is 17.2 Å². The molecule has 1 aromatic heterocycles. The smallest absolute Gasteiger partial charge is 0.255 e. The van der Waals surface area contributed by atoms with Gasteiger partial charge in [-0.15, -0.1) is 0 Å². The van der Waals surface area contributed by atoms with Crippen LogP contribution in [0.25, 0.3) is 5.69 Å². The molecule has 1 aliphatic rings. The van der Waals surface area contributed by atoms with Gasteiger partial charge in [0.25, 0.3) is 5.91 Å². The van der Waals surface area contributed by atoms with Crippen LogP contribution in [0.5, 0.6) is 11.5 Å². The molecule has 1 amide bonds. The average molecular weight is 442 g/mol. The number of aryl methyl sites for hydroxylation is 1. The Morgan fingerprint density at radius 1 is 1.11 bits per heavy atom. The molecule has 4 rings (SSSR count). The highest BCUT2D eigenvalue weighted by Crippen LogP contribution is 2.30. The number of fused-ring (bicyclic) bond motifs is 1. The Balaban J connectivity index is 1.51. The first-order valence-corrected chi connectivity index (χ1v) is 9.81. The van der Waals surface area contributed by atoms with Gasteiger partial charge in [0.2, 0.25) is 0 Å². The van der Waals surface area contributed by atoms with Crippen LogP contribution in [0.3, 0.4) is 0 Å². The topological polar surface area (TPSA) is 65.4 Å². The number of benzene rings is 2. The van der Waals surface area contributed by atoms with Crippen LogP contribution in [-0.2, 0) is 6.54 Å². The summed E-state index contributed by atoms with van der Waals surface area (Å²) in [6.45, 7) is 5.25. The monoisotopic (exact) mass is 441 g/mol. The van der Waals surface area contributed by atoms with Gasteiger partial charge in [-0.2, -0.15) is 5.10 Å². The zero-order valence-electron chi connectivity index (χ0n) is 15.7. The molecule has 0 saturated carbocycles. The lowest BCUT2D eigenvalue weighted by atomic mass is 10.1. The highest BCUT2D eigenvalue weighted by Gasteiger charge is 2.19. The van der Waals surface area contributed by atoms with Crippen molar-refractivity contribution in [3.05, 3.63) is 69.5 Å². The molecular weight excluding hydrogens is 422 g/mol. The minimum atomic E-state index is -0.145. The molecule has 3 aromatic rings. The largest absolute Gasteiger partial charge is 0.486 e. The van der Waals surface area contributed by atoms with Crippen LogP contribution >= 0.6 is 15.9 Å². The fourth-order valence-corrected chi connectivity index (χ4v) is 3.54. The molecule has 144 valence electrons. The third-order valence-corrected chi connectivity index (χ3v) is 5.18. The molecule has 0 atom stereocenters. The Bertz CT molecular complexity index is 1030. The van der Waals surface area contributed by atoms with E-state index in [2.05, 4.69) is 26.3 Å². The van der Waals surface area contributed by atoms with E-state index in [0.717, 1.165) is 27.2 Å². The minimum Gasteiger partial charge on any atom is -0.486 e. The molecule has 0 bridgehead atoms. The van der Waals surface area contributed by atoms with Crippen LogP contribution < -0.4 is 14.8 Å². The minimum absolute atomic E-state index is 0.145. The Morgan fingerprint density at radius 2 is 1.82 bits per heavy atom. The van der Waals surface area contributed by atoms with Crippen molar-refractivity contribution >= 4 is 21.8 Å². The van der Waals surface area contributed by atoms with E-state index in [1.807, 2.05) is 56.3 Å². The molecule has 28 heavy (non-hydrogen) atoms. The summed E-state index contributed by atoms with van der Waals surface area (Å²) in [5.41, 5.74) is 3.96. The fourth-order valence-electron chi connectivity index (χ4n) is 3.27. The zero-order chi connectivity index (χ0) is 19.7. The molecular formula is C21H20BrN3O3. The summed E-state index contributed by atoms with van der Waals surface area (Å²) in [6.07, 6.45) is 0. The second-order valence-corrected chi connectivity index (χ2v) is 7.51. The maximum Gasteiger partial charge on any atom is 0.255 e. The maximum atomic E-state index is 12.8. The summed E-state index contributed by atoms with van der Waals surface area (Å²) in [4.78, 5) is 12.8. The highest BCUT2D eigenvalue weighted by molar-refractivity contribution is 9.10. The molecule has 0 unspecified atom stereocenters. The van der Waals surface area contributed by atoms with E-state index in [4.69, 9.17) is 9.47 Å². The summed E-state index contributed by atoms with van der Waals surface area (Å²) >= 11 is 3.43. The van der Waals surface area contributed by atoms with Gasteiger partial charge in [0.05, 0.1) is 22.6 Å². The predicted octanol–water partition coefficient (Wildman–Crippen LogP) is 3.95. The van der Waals surface area contributed by atoms with Crippen molar-refractivity contribution in [2.75, 3.05) is 13.2 Å². The van der Waals surface area contributed by atoms with Crippen LogP contribution in [0.15, 0.2) is 46.9 Å².